The summed E-state index contributed by atoms with van der Waals surface area (Å²) in [5, 5.41) is 0.473. The molecule has 4 nitrogen and oxygen atoms in total. The highest BCUT2D eigenvalue weighted by Crippen LogP contribution is 2.43. The fourth-order valence-electron chi connectivity index (χ4n) is 4.88. The largest absolute Gasteiger partial charge is 0.496 e. The Balaban J connectivity index is 2.02. The van der Waals surface area contributed by atoms with Crippen LogP contribution >= 0.6 is 11.6 Å². The Hall–Kier alpha value is -2.07. The van der Waals surface area contributed by atoms with E-state index in [0.29, 0.717) is 11.1 Å². The Labute approximate surface area is 186 Å². The van der Waals surface area contributed by atoms with Crippen LogP contribution < -0.4 is 5.73 Å². The fourth-order valence-corrected chi connectivity index (χ4v) is 5.19. The maximum atomic E-state index is 6.52. The van der Waals surface area contributed by atoms with Crippen LogP contribution in [0, 0.1) is 5.92 Å². The highest BCUT2D eigenvalue weighted by molar-refractivity contribution is 6.31. The van der Waals surface area contributed by atoms with Gasteiger partial charge in [0.1, 0.15) is 10.9 Å². The minimum Gasteiger partial charge on any atom is -0.496 e. The first-order valence-electron chi connectivity index (χ1n) is 10.9. The molecule has 1 heterocycles. The highest BCUT2D eigenvalue weighted by atomic mass is 35.5. The first-order chi connectivity index (χ1) is 14.3. The van der Waals surface area contributed by atoms with Gasteiger partial charge in [0.25, 0.3) is 0 Å². The monoisotopic (exact) mass is 427 g/mol. The molecule has 5 heteroatoms. The predicted molar refractivity (Wildman–Crippen MR) is 126 cm³/mol. The van der Waals surface area contributed by atoms with Gasteiger partial charge in [0, 0.05) is 11.5 Å². The minimum atomic E-state index is 0.238. The fraction of sp³-hybridized carbons (Fsp3) is 0.520. The number of nitrogens with two attached hydrogens (primary N) is 1. The van der Waals surface area contributed by atoms with Gasteiger partial charge in [-0.25, -0.2) is 9.97 Å². The van der Waals surface area contributed by atoms with Gasteiger partial charge < -0.3 is 10.5 Å². The van der Waals surface area contributed by atoms with E-state index in [9.17, 15) is 0 Å². The summed E-state index contributed by atoms with van der Waals surface area (Å²) < 4.78 is 5.80. The molecule has 0 amide bonds. The molecule has 0 saturated carbocycles. The van der Waals surface area contributed by atoms with Crippen molar-refractivity contribution in [2.24, 2.45) is 5.92 Å². The van der Waals surface area contributed by atoms with Gasteiger partial charge in [-0.15, -0.1) is 0 Å². The highest BCUT2D eigenvalue weighted by Gasteiger charge is 2.30. The van der Waals surface area contributed by atoms with Crippen molar-refractivity contribution >= 4 is 23.1 Å². The average molecular weight is 428 g/mol. The van der Waals surface area contributed by atoms with Crippen LogP contribution in [-0.4, -0.2) is 17.1 Å². The normalized spacial score (nSPS) is 22.6. The standard InChI is InChI=1S/C25H34ClN3O/c1-7-18-10-11-19(16(4)22-21(18)24(26)29-25(27)28-22)13-20-9-8-14(2)12-15(3)23(30-6)17(20)5/h10,12,16,19H,7-9,11,13H2,1-6H3,(H2,27,28,29). The van der Waals surface area contributed by atoms with Crippen LogP contribution in [0.15, 0.2) is 40.2 Å². The summed E-state index contributed by atoms with van der Waals surface area (Å²) >= 11 is 6.52. The molecule has 3 rings (SSSR count). The van der Waals surface area contributed by atoms with Crippen molar-refractivity contribution in [2.75, 3.05) is 12.8 Å². The van der Waals surface area contributed by atoms with Gasteiger partial charge in [-0.2, -0.15) is 0 Å². The van der Waals surface area contributed by atoms with E-state index in [1.54, 1.807) is 7.11 Å². The molecule has 0 saturated heterocycles. The second-order valence-electron chi connectivity index (χ2n) is 8.64. The SMILES string of the molecule is CCC1=CCC(CC2=C(C)C(OC)=C(C)C=C(C)CC2)C(C)c2nc(N)nc(Cl)c21. The van der Waals surface area contributed by atoms with Gasteiger partial charge in [-0.05, 0) is 75.5 Å². The molecule has 162 valence electrons. The minimum absolute atomic E-state index is 0.238. The second kappa shape index (κ2) is 9.38. The van der Waals surface area contributed by atoms with Crippen LogP contribution in [-0.2, 0) is 4.74 Å². The molecule has 2 aliphatic carbocycles. The number of rotatable bonds is 4. The summed E-state index contributed by atoms with van der Waals surface area (Å²) in [6.07, 6.45) is 9.63. The third kappa shape index (κ3) is 4.49. The maximum absolute atomic E-state index is 6.52. The molecule has 2 atom stereocenters. The van der Waals surface area contributed by atoms with E-state index < -0.39 is 0 Å². The Morgan fingerprint density at radius 1 is 1.20 bits per heavy atom. The lowest BCUT2D eigenvalue weighted by molar-refractivity contribution is 0.295. The Bertz CT molecular complexity index is 955. The molecule has 2 unspecified atom stereocenters. The van der Waals surface area contributed by atoms with Crippen molar-refractivity contribution < 1.29 is 4.74 Å². The van der Waals surface area contributed by atoms with Crippen molar-refractivity contribution in [1.29, 1.82) is 0 Å². The summed E-state index contributed by atoms with van der Waals surface area (Å²) in [6.45, 7) is 10.9. The predicted octanol–water partition coefficient (Wildman–Crippen LogP) is 7.00. The summed E-state index contributed by atoms with van der Waals surface area (Å²) in [4.78, 5) is 8.87. The number of hydrogen-bond acceptors (Lipinski definition) is 4. The molecule has 0 bridgehead atoms. The quantitative estimate of drug-likeness (QED) is 0.525. The number of ether oxygens (including phenoxy) is 1. The van der Waals surface area contributed by atoms with Crippen molar-refractivity contribution in [3.63, 3.8) is 0 Å². The van der Waals surface area contributed by atoms with Gasteiger partial charge in [0.15, 0.2) is 0 Å². The molecule has 0 aromatic carbocycles. The number of fused-ring (bicyclic) bond motifs is 1. The van der Waals surface area contributed by atoms with Crippen LogP contribution in [0.2, 0.25) is 5.15 Å². The van der Waals surface area contributed by atoms with Gasteiger partial charge >= 0.3 is 0 Å². The van der Waals surface area contributed by atoms with E-state index >= 15 is 0 Å². The molecule has 0 spiro atoms. The van der Waals surface area contributed by atoms with Crippen LogP contribution in [0.5, 0.6) is 0 Å². The van der Waals surface area contributed by atoms with E-state index in [0.717, 1.165) is 49.1 Å². The first-order valence-corrected chi connectivity index (χ1v) is 11.3. The Morgan fingerprint density at radius 3 is 2.60 bits per heavy atom. The third-order valence-corrected chi connectivity index (χ3v) is 6.92. The van der Waals surface area contributed by atoms with Crippen LogP contribution in [0.3, 0.4) is 0 Å². The summed E-state index contributed by atoms with van der Waals surface area (Å²) in [6, 6.07) is 0. The van der Waals surface area contributed by atoms with E-state index in [1.165, 1.54) is 27.9 Å². The molecule has 1 aromatic heterocycles. The molecular weight excluding hydrogens is 394 g/mol. The van der Waals surface area contributed by atoms with Gasteiger partial charge in [-0.3, -0.25) is 0 Å². The number of halogens is 1. The van der Waals surface area contributed by atoms with Gasteiger partial charge in [-0.1, -0.05) is 48.7 Å². The molecule has 2 aliphatic rings. The number of hydrogen-bond donors (Lipinski definition) is 1. The topological polar surface area (TPSA) is 61.0 Å². The van der Waals surface area contributed by atoms with Gasteiger partial charge in [0.2, 0.25) is 5.95 Å². The lowest BCUT2D eigenvalue weighted by Crippen LogP contribution is -2.15. The zero-order valence-corrected chi connectivity index (χ0v) is 19.9. The molecule has 30 heavy (non-hydrogen) atoms. The number of methoxy groups -OCH3 is 1. The average Bonchev–Trinajstić information content (AvgIpc) is 2.82. The number of aromatic nitrogens is 2. The second-order valence-corrected chi connectivity index (χ2v) is 9.00. The van der Waals surface area contributed by atoms with Crippen LogP contribution in [0.1, 0.15) is 83.9 Å². The number of nitrogen functional groups attached to an aromatic ring is 1. The van der Waals surface area contributed by atoms with E-state index in [-0.39, 0.29) is 11.9 Å². The van der Waals surface area contributed by atoms with Crippen molar-refractivity contribution in [2.45, 2.75) is 72.6 Å². The smallest absolute Gasteiger partial charge is 0.221 e. The molecule has 0 fully saturated rings. The van der Waals surface area contributed by atoms with E-state index in [4.69, 9.17) is 22.1 Å². The Morgan fingerprint density at radius 2 is 1.93 bits per heavy atom. The summed E-state index contributed by atoms with van der Waals surface area (Å²) in [5.74, 6) is 1.92. The zero-order valence-electron chi connectivity index (χ0n) is 19.1. The lowest BCUT2D eigenvalue weighted by atomic mass is 9.80. The van der Waals surface area contributed by atoms with Crippen molar-refractivity contribution in [3.8, 4) is 0 Å². The maximum Gasteiger partial charge on any atom is 0.221 e. The van der Waals surface area contributed by atoms with Crippen LogP contribution in [0.4, 0.5) is 5.95 Å². The first kappa shape index (κ1) is 22.6. The number of allylic oxidation sites excluding steroid dienone is 7. The summed E-state index contributed by atoms with van der Waals surface area (Å²) in [7, 11) is 1.77. The molecule has 0 aliphatic heterocycles. The number of nitrogens with zero attached hydrogens (tertiary/aromatic N) is 2. The molecule has 0 radical (unpaired) electrons. The van der Waals surface area contributed by atoms with Crippen molar-refractivity contribution in [3.05, 3.63) is 56.6 Å². The van der Waals surface area contributed by atoms with E-state index in [1.807, 2.05) is 0 Å². The van der Waals surface area contributed by atoms with Crippen molar-refractivity contribution in [1.82, 2.24) is 9.97 Å². The van der Waals surface area contributed by atoms with Gasteiger partial charge in [0.05, 0.1) is 12.8 Å². The molecule has 1 aromatic rings. The number of anilines is 1. The molecular formula is C25H34ClN3O. The molecule has 2 N–H and O–H groups in total. The Kier molecular flexibility index (Phi) is 7.07. The third-order valence-electron chi connectivity index (χ3n) is 6.64. The van der Waals surface area contributed by atoms with E-state index in [2.05, 4.69) is 56.7 Å². The lowest BCUT2D eigenvalue weighted by Gasteiger charge is -2.26. The van der Waals surface area contributed by atoms with Crippen LogP contribution in [0.25, 0.3) is 5.57 Å². The zero-order chi connectivity index (χ0) is 22.0. The summed E-state index contributed by atoms with van der Waals surface area (Å²) in [5.41, 5.74) is 14.5.